The summed E-state index contributed by atoms with van der Waals surface area (Å²) < 4.78 is 31.1. The third kappa shape index (κ3) is 8.27. The number of aromatic nitrogens is 1. The van der Waals surface area contributed by atoms with Crippen LogP contribution in [-0.2, 0) is 34.0 Å². The Labute approximate surface area is 276 Å². The number of oxime groups is 1. The van der Waals surface area contributed by atoms with Crippen LogP contribution in [0.4, 0.5) is 10.8 Å². The number of carbonyl (C=O) groups is 4. The number of nitrogens with two attached hydrogens (primary N) is 2. The molecule has 246 valence electrons. The van der Waals surface area contributed by atoms with E-state index in [1.807, 2.05) is 0 Å². The summed E-state index contributed by atoms with van der Waals surface area (Å²) in [6.45, 7) is -0.637. The number of nitrogens with zero attached hydrogens (tertiary/aromatic N) is 3. The number of carboxylic acids is 1. The number of hydrogen-bond acceptors (Lipinski definition) is 15. The highest BCUT2D eigenvalue weighted by atomic mass is 35.5. The molecule has 1 unspecified atom stereocenters. The number of nitrogen functional groups attached to an aromatic ring is 1. The Balaban J connectivity index is 0.00000353. The van der Waals surface area contributed by atoms with Crippen molar-refractivity contribution in [2.75, 3.05) is 42.2 Å². The first-order valence-electron chi connectivity index (χ1n) is 12.1. The number of thioether (sulfide) groups is 1. The first-order valence-corrected chi connectivity index (χ1v) is 15.7. The zero-order valence-electron chi connectivity index (χ0n) is 23.0. The van der Waals surface area contributed by atoms with Gasteiger partial charge in [-0.15, -0.1) is 47.9 Å². The number of carbonyl (C=O) groups excluding carboxylic acids is 3. The predicted molar refractivity (Wildman–Crippen MR) is 169 cm³/mol. The van der Waals surface area contributed by atoms with Crippen LogP contribution in [0.25, 0.3) is 0 Å². The molecule has 1 fully saturated rings. The lowest BCUT2D eigenvalue weighted by molar-refractivity contribution is -0.150. The number of hydrogen-bond donors (Lipinski definition) is 6. The van der Waals surface area contributed by atoms with Crippen molar-refractivity contribution >= 4 is 98.2 Å². The normalized spacial score (nSPS) is 17.6. The van der Waals surface area contributed by atoms with Crippen LogP contribution >= 0.6 is 47.9 Å². The Bertz CT molecular complexity index is 1650. The number of amides is 2. The fourth-order valence-corrected chi connectivity index (χ4v) is 6.85. The summed E-state index contributed by atoms with van der Waals surface area (Å²) in [6.07, 6.45) is 0. The van der Waals surface area contributed by atoms with Gasteiger partial charge in [-0.2, -0.15) is 0 Å². The van der Waals surface area contributed by atoms with E-state index in [1.54, 1.807) is 0 Å². The number of halogens is 2. The Morgan fingerprint density at radius 2 is 1.98 bits per heavy atom. The molecule has 0 aliphatic carbocycles. The Hall–Kier alpha value is -3.82. The third-order valence-electron chi connectivity index (χ3n) is 5.96. The van der Waals surface area contributed by atoms with Gasteiger partial charge in [0.05, 0.1) is 17.0 Å². The number of nitrogens with one attached hydrogen (secondary N) is 2. The molecule has 1 saturated heterocycles. The van der Waals surface area contributed by atoms with Gasteiger partial charge in [0.2, 0.25) is 10.0 Å². The largest absolute Gasteiger partial charge is 0.506 e. The van der Waals surface area contributed by atoms with E-state index >= 15 is 0 Å². The minimum absolute atomic E-state index is 0. The number of benzene rings is 1. The summed E-state index contributed by atoms with van der Waals surface area (Å²) in [5.74, 6) is -4.76. The molecule has 2 aromatic rings. The van der Waals surface area contributed by atoms with E-state index < -0.39 is 63.2 Å². The number of phenolic OH excluding ortho intramolecular Hbond substituents is 1. The molecule has 2 amide bonds. The summed E-state index contributed by atoms with van der Waals surface area (Å²) in [6, 6.07) is 2.25. The van der Waals surface area contributed by atoms with Crippen LogP contribution < -0.4 is 21.5 Å². The molecule has 2 atom stereocenters. The van der Waals surface area contributed by atoms with Crippen molar-refractivity contribution in [1.82, 2.24) is 15.2 Å². The zero-order chi connectivity index (χ0) is 31.5. The highest BCUT2D eigenvalue weighted by Crippen LogP contribution is 2.40. The van der Waals surface area contributed by atoms with Gasteiger partial charge >= 0.3 is 11.9 Å². The van der Waals surface area contributed by atoms with E-state index in [2.05, 4.69) is 20.2 Å². The molecule has 1 aromatic carbocycles. The van der Waals surface area contributed by atoms with Crippen molar-refractivity contribution in [3.63, 3.8) is 0 Å². The predicted octanol–water partition coefficient (Wildman–Crippen LogP) is -0.0790. The minimum Gasteiger partial charge on any atom is -0.506 e. The number of β-lactam (4-membered cyclic amide) rings is 1. The Morgan fingerprint density at radius 1 is 1.27 bits per heavy atom. The smallest absolute Gasteiger partial charge is 0.352 e. The van der Waals surface area contributed by atoms with Gasteiger partial charge < -0.3 is 36.6 Å². The summed E-state index contributed by atoms with van der Waals surface area (Å²) in [5, 5.41) is 27.1. The van der Waals surface area contributed by atoms with Crippen LogP contribution in [0.3, 0.4) is 0 Å². The minimum atomic E-state index is -3.81. The zero-order valence-corrected chi connectivity index (χ0v) is 27.1. The van der Waals surface area contributed by atoms with E-state index in [0.29, 0.717) is 0 Å². The van der Waals surface area contributed by atoms with Gasteiger partial charge in [0, 0.05) is 23.3 Å². The molecule has 45 heavy (non-hydrogen) atoms. The lowest BCUT2D eigenvalue weighted by atomic mass is 10.0. The van der Waals surface area contributed by atoms with Crippen molar-refractivity contribution in [1.29, 1.82) is 0 Å². The van der Waals surface area contributed by atoms with Gasteiger partial charge in [-0.25, -0.2) is 23.0 Å². The van der Waals surface area contributed by atoms with Crippen molar-refractivity contribution in [2.24, 2.45) is 10.9 Å². The second-order valence-electron chi connectivity index (χ2n) is 8.83. The Kier molecular flexibility index (Phi) is 12.8. The number of anilines is 2. The molecule has 0 saturated carbocycles. The number of rotatable bonds is 12. The lowest BCUT2D eigenvalue weighted by Crippen LogP contribution is -2.71. The monoisotopic (exact) mass is 727 g/mol. The molecule has 2 aliphatic heterocycles. The molecular weight excluding hydrogens is 701 g/mol. The van der Waals surface area contributed by atoms with Crippen LogP contribution in [0.5, 0.6) is 5.75 Å². The third-order valence-corrected chi connectivity index (χ3v) is 9.28. The fraction of sp³-hybridized carbons (Fsp3) is 0.304. The maximum Gasteiger partial charge on any atom is 0.352 e. The fourth-order valence-electron chi connectivity index (χ4n) is 4.05. The van der Waals surface area contributed by atoms with Crippen LogP contribution in [-0.4, -0.2) is 101 Å². The second kappa shape index (κ2) is 15.5. The number of fused-ring (bicyclic) bond motifs is 1. The summed E-state index contributed by atoms with van der Waals surface area (Å²) in [4.78, 5) is 60.3. The van der Waals surface area contributed by atoms with Crippen LogP contribution in [0.1, 0.15) is 16.1 Å². The summed E-state index contributed by atoms with van der Waals surface area (Å²) in [5.41, 5.74) is 10.2. The molecule has 2 aliphatic rings. The molecule has 4 rings (SSSR count). The number of ether oxygens (including phenoxy) is 1. The molecular formula is C23H27Cl2N7O10S3. The van der Waals surface area contributed by atoms with E-state index in [1.165, 1.54) is 18.6 Å². The van der Waals surface area contributed by atoms with E-state index in [4.69, 9.17) is 21.0 Å². The van der Waals surface area contributed by atoms with Crippen LogP contribution in [0.2, 0.25) is 0 Å². The number of sulfonamides is 1. The van der Waals surface area contributed by atoms with Crippen molar-refractivity contribution < 1.29 is 47.4 Å². The van der Waals surface area contributed by atoms with E-state index in [0.717, 1.165) is 40.1 Å². The molecule has 3 heterocycles. The number of esters is 1. The number of thiazole rings is 1. The SMILES string of the molecule is CON=C(C(=O)NC1C(=O)N2C(C(=O)O)=C(COC(=O)c3ccc(NS(=O)(=O)CCN)c(O)c3)CS[C@@H]12)c1csc(N)n1.Cl.Cl. The molecule has 22 heteroatoms. The van der Waals surface area contributed by atoms with E-state index in [9.17, 15) is 37.8 Å². The van der Waals surface area contributed by atoms with Crippen molar-refractivity contribution in [3.8, 4) is 5.75 Å². The molecule has 1 aromatic heterocycles. The Morgan fingerprint density at radius 3 is 2.56 bits per heavy atom. The van der Waals surface area contributed by atoms with Gasteiger partial charge in [-0.1, -0.05) is 5.16 Å². The number of aliphatic carboxylic acids is 1. The van der Waals surface area contributed by atoms with Crippen molar-refractivity contribution in [3.05, 3.63) is 46.1 Å². The first-order chi connectivity index (χ1) is 20.4. The van der Waals surface area contributed by atoms with Gasteiger partial charge in [0.15, 0.2) is 10.8 Å². The van der Waals surface area contributed by atoms with Gasteiger partial charge in [0.1, 0.15) is 42.3 Å². The van der Waals surface area contributed by atoms with E-state index in [-0.39, 0.29) is 76.2 Å². The second-order valence-corrected chi connectivity index (χ2v) is 12.7. The molecule has 8 N–H and O–H groups in total. The number of phenols is 1. The molecule has 0 bridgehead atoms. The number of carboxylic acid groups (broad SMARTS) is 1. The van der Waals surface area contributed by atoms with Gasteiger partial charge in [-0.05, 0) is 18.2 Å². The highest BCUT2D eigenvalue weighted by molar-refractivity contribution is 8.00. The van der Waals surface area contributed by atoms with Crippen LogP contribution in [0.15, 0.2) is 40.0 Å². The van der Waals surface area contributed by atoms with Crippen molar-refractivity contribution in [2.45, 2.75) is 11.4 Å². The summed E-state index contributed by atoms with van der Waals surface area (Å²) >= 11 is 2.21. The number of aromatic hydroxyl groups is 1. The summed E-state index contributed by atoms with van der Waals surface area (Å²) in [7, 11) is -2.58. The highest BCUT2D eigenvalue weighted by Gasteiger charge is 2.54. The van der Waals surface area contributed by atoms with Gasteiger partial charge in [0.25, 0.3) is 11.8 Å². The molecule has 0 spiro atoms. The maximum atomic E-state index is 13.0. The average Bonchev–Trinajstić information content (AvgIpc) is 3.38. The molecule has 0 radical (unpaired) electrons. The standard InChI is InChI=1S/C23H25N7O10S3.2ClH/c1-39-28-15(13-9-42-23(25)26-13)18(32)27-16-19(33)30-17(21(34)35)11(8-41-20(16)30)7-40-22(36)10-2-3-12(14(31)6-10)29-43(37,38)5-4-24;;/h2-3,6,9,16,20,29,31H,4-5,7-8,24H2,1H3,(H2,25,26)(H,27,32)(H,34,35);2*1H/t16?,20-;;/m0../s1. The maximum absolute atomic E-state index is 13.0. The molecule has 17 nitrogen and oxygen atoms in total. The van der Waals surface area contributed by atoms with Gasteiger partial charge in [-0.3, -0.25) is 19.2 Å². The quantitative estimate of drug-likeness (QED) is 0.0549. The van der Waals surface area contributed by atoms with Crippen LogP contribution in [0, 0.1) is 0 Å². The lowest BCUT2D eigenvalue weighted by Gasteiger charge is -2.49. The first kappa shape index (κ1) is 37.4. The average molecular weight is 729 g/mol. The topological polar surface area (TPSA) is 266 Å².